The Kier molecular flexibility index (Phi) is 7.57. The van der Waals surface area contributed by atoms with Crippen LogP contribution in [-0.4, -0.2) is 35.7 Å². The summed E-state index contributed by atoms with van der Waals surface area (Å²) in [6.45, 7) is 12.6. The third-order valence-corrected chi connectivity index (χ3v) is 5.98. The zero-order valence-corrected chi connectivity index (χ0v) is 17.7. The first-order valence-electron chi connectivity index (χ1n) is 10.7. The molecule has 4 nitrogen and oxygen atoms in total. The van der Waals surface area contributed by atoms with E-state index in [0.29, 0.717) is 11.5 Å². The number of likely N-dealkylation sites (tertiary alicyclic amines) is 1. The number of amides is 1. The molecule has 1 heterocycles. The molecule has 4 heteroatoms. The van der Waals surface area contributed by atoms with Gasteiger partial charge in [-0.2, -0.15) is 0 Å². The number of nitrogens with one attached hydrogen (secondary N) is 1. The first-order chi connectivity index (χ1) is 12.2. The number of carbonyl (C=O) groups is 1. The van der Waals surface area contributed by atoms with E-state index in [4.69, 9.17) is 4.74 Å². The van der Waals surface area contributed by atoms with Crippen LogP contribution < -0.4 is 5.32 Å². The van der Waals surface area contributed by atoms with Gasteiger partial charge in [0, 0.05) is 18.3 Å². The number of alkyl carbamates (subject to hydrolysis) is 1. The average Bonchev–Trinajstić information content (AvgIpc) is 2.57. The maximum Gasteiger partial charge on any atom is 0.411 e. The van der Waals surface area contributed by atoms with Crippen LogP contribution in [0.15, 0.2) is 11.8 Å². The molecule has 1 spiro atoms. The molecule has 1 N–H and O–H groups in total. The van der Waals surface area contributed by atoms with E-state index in [0.717, 1.165) is 18.5 Å². The van der Waals surface area contributed by atoms with E-state index in [1.807, 2.05) is 20.8 Å². The zero-order chi connectivity index (χ0) is 19.2. The van der Waals surface area contributed by atoms with E-state index in [1.54, 1.807) is 0 Å². The van der Waals surface area contributed by atoms with Crippen molar-refractivity contribution in [3.05, 3.63) is 11.8 Å². The van der Waals surface area contributed by atoms with Crippen molar-refractivity contribution in [3.8, 4) is 0 Å². The summed E-state index contributed by atoms with van der Waals surface area (Å²) < 4.78 is 5.37. The summed E-state index contributed by atoms with van der Waals surface area (Å²) in [7, 11) is 0. The predicted octanol–water partition coefficient (Wildman–Crippen LogP) is 5.63. The molecule has 0 radical (unpaired) electrons. The van der Waals surface area contributed by atoms with Crippen LogP contribution in [0.5, 0.6) is 0 Å². The molecule has 2 aliphatic rings. The Morgan fingerprint density at radius 3 is 2.46 bits per heavy atom. The standard InChI is InChI=1S/C22H40N2O2/c1-6-19(23-20(25)26-21(3,4)5)12-11-18(2)24-16-10-15-22(17-24)13-8-7-9-14-22/h12,18H,6-11,13-17H2,1-5H3,(H,23,25)/b19-12+. The molecule has 1 atom stereocenters. The molecule has 0 aromatic carbocycles. The van der Waals surface area contributed by atoms with Gasteiger partial charge in [-0.15, -0.1) is 0 Å². The van der Waals surface area contributed by atoms with Gasteiger partial charge in [0.05, 0.1) is 0 Å². The Balaban J connectivity index is 1.87. The minimum absolute atomic E-state index is 0.350. The lowest BCUT2D eigenvalue weighted by Gasteiger charge is -2.47. The predicted molar refractivity (Wildman–Crippen MR) is 108 cm³/mol. The van der Waals surface area contributed by atoms with Crippen molar-refractivity contribution >= 4 is 6.09 Å². The fraction of sp³-hybridized carbons (Fsp3) is 0.864. The second-order valence-corrected chi connectivity index (χ2v) is 9.43. The van der Waals surface area contributed by atoms with Crippen molar-refractivity contribution in [2.75, 3.05) is 13.1 Å². The number of hydrogen-bond donors (Lipinski definition) is 1. The maximum atomic E-state index is 12.0. The van der Waals surface area contributed by atoms with Gasteiger partial charge in [-0.1, -0.05) is 32.3 Å². The highest BCUT2D eigenvalue weighted by Gasteiger charge is 2.37. The Bertz CT molecular complexity index is 481. The first-order valence-corrected chi connectivity index (χ1v) is 10.7. The number of hydrogen-bond acceptors (Lipinski definition) is 3. The first kappa shape index (κ1) is 21.3. The molecule has 1 amide bonds. The molecule has 1 saturated carbocycles. The summed E-state index contributed by atoms with van der Waals surface area (Å²) >= 11 is 0. The lowest BCUT2D eigenvalue weighted by atomic mass is 9.69. The van der Waals surface area contributed by atoms with Crippen LogP contribution in [0.3, 0.4) is 0 Å². The van der Waals surface area contributed by atoms with E-state index in [2.05, 4.69) is 30.1 Å². The van der Waals surface area contributed by atoms with Crippen molar-refractivity contribution in [1.29, 1.82) is 0 Å². The summed E-state index contributed by atoms with van der Waals surface area (Å²) in [6, 6.07) is 0.524. The zero-order valence-electron chi connectivity index (χ0n) is 17.7. The van der Waals surface area contributed by atoms with Gasteiger partial charge in [0.15, 0.2) is 0 Å². The van der Waals surface area contributed by atoms with Gasteiger partial charge in [0.25, 0.3) is 0 Å². The van der Waals surface area contributed by atoms with E-state index in [-0.39, 0.29) is 6.09 Å². The van der Waals surface area contributed by atoms with Gasteiger partial charge in [-0.25, -0.2) is 4.79 Å². The van der Waals surface area contributed by atoms with Gasteiger partial charge in [0.1, 0.15) is 5.60 Å². The number of allylic oxidation sites excluding steroid dienone is 1. The summed E-state index contributed by atoms with van der Waals surface area (Å²) in [5.74, 6) is 0. The Morgan fingerprint density at radius 2 is 1.85 bits per heavy atom. The van der Waals surface area contributed by atoms with Crippen LogP contribution >= 0.6 is 0 Å². The van der Waals surface area contributed by atoms with Crippen molar-refractivity contribution in [1.82, 2.24) is 10.2 Å². The van der Waals surface area contributed by atoms with Gasteiger partial charge < -0.3 is 4.74 Å². The quantitative estimate of drug-likeness (QED) is 0.687. The highest BCUT2D eigenvalue weighted by molar-refractivity contribution is 5.69. The molecule has 150 valence electrons. The molecule has 1 aliphatic carbocycles. The van der Waals surface area contributed by atoms with E-state index >= 15 is 0 Å². The van der Waals surface area contributed by atoms with Gasteiger partial charge in [0.2, 0.25) is 0 Å². The highest BCUT2D eigenvalue weighted by Crippen LogP contribution is 2.43. The minimum atomic E-state index is -0.460. The highest BCUT2D eigenvalue weighted by atomic mass is 16.6. The normalized spacial score (nSPS) is 22.9. The maximum absolute atomic E-state index is 12.0. The molecule has 0 aromatic rings. The molecule has 2 fully saturated rings. The molecular weight excluding hydrogens is 324 g/mol. The van der Waals surface area contributed by atoms with Gasteiger partial charge >= 0.3 is 6.09 Å². The number of rotatable bonds is 5. The SMILES string of the molecule is CC/C(=C\CC(C)N1CCCC2(CCCCC2)C1)NC(=O)OC(C)(C)C. The number of ether oxygens (including phenoxy) is 1. The topological polar surface area (TPSA) is 41.6 Å². The van der Waals surface area contributed by atoms with Crippen molar-refractivity contribution in [2.24, 2.45) is 5.41 Å². The second kappa shape index (κ2) is 9.25. The summed E-state index contributed by atoms with van der Waals surface area (Å²) in [5, 5.41) is 2.92. The van der Waals surface area contributed by atoms with Crippen LogP contribution in [0.1, 0.15) is 92.4 Å². The minimum Gasteiger partial charge on any atom is -0.444 e. The van der Waals surface area contributed by atoms with Gasteiger partial charge in [-0.3, -0.25) is 10.2 Å². The smallest absolute Gasteiger partial charge is 0.411 e. The Labute approximate surface area is 160 Å². The molecule has 1 unspecified atom stereocenters. The van der Waals surface area contributed by atoms with E-state index in [1.165, 1.54) is 58.0 Å². The van der Waals surface area contributed by atoms with Crippen LogP contribution in [0.25, 0.3) is 0 Å². The molecule has 0 aromatic heterocycles. The average molecular weight is 365 g/mol. The molecule has 0 bridgehead atoms. The lowest BCUT2D eigenvalue weighted by molar-refractivity contribution is 0.0331. The summed E-state index contributed by atoms with van der Waals surface area (Å²) in [6.07, 6.45) is 13.5. The third-order valence-electron chi connectivity index (χ3n) is 5.98. The van der Waals surface area contributed by atoms with Gasteiger partial charge in [-0.05, 0) is 78.2 Å². The van der Waals surface area contributed by atoms with E-state index in [9.17, 15) is 4.79 Å². The monoisotopic (exact) mass is 364 g/mol. The van der Waals surface area contributed by atoms with Crippen LogP contribution in [0.2, 0.25) is 0 Å². The summed E-state index contributed by atoms with van der Waals surface area (Å²) in [5.41, 5.74) is 1.10. The molecule has 1 saturated heterocycles. The number of carbonyl (C=O) groups excluding carboxylic acids is 1. The van der Waals surface area contributed by atoms with Crippen LogP contribution in [0.4, 0.5) is 4.79 Å². The van der Waals surface area contributed by atoms with Crippen molar-refractivity contribution < 1.29 is 9.53 Å². The largest absolute Gasteiger partial charge is 0.444 e. The van der Waals surface area contributed by atoms with Crippen LogP contribution in [-0.2, 0) is 4.74 Å². The fourth-order valence-corrected chi connectivity index (χ4v) is 4.51. The summed E-state index contributed by atoms with van der Waals surface area (Å²) in [4.78, 5) is 14.7. The number of nitrogens with zero attached hydrogens (tertiary/aromatic N) is 1. The Hall–Kier alpha value is -1.03. The molecule has 2 rings (SSSR count). The van der Waals surface area contributed by atoms with Crippen molar-refractivity contribution in [3.63, 3.8) is 0 Å². The van der Waals surface area contributed by atoms with E-state index < -0.39 is 5.60 Å². The molecular formula is C22H40N2O2. The Morgan fingerprint density at radius 1 is 1.19 bits per heavy atom. The third kappa shape index (κ3) is 6.61. The molecule has 26 heavy (non-hydrogen) atoms. The van der Waals surface area contributed by atoms with Crippen molar-refractivity contribution in [2.45, 2.75) is 104 Å². The fourth-order valence-electron chi connectivity index (χ4n) is 4.51. The molecule has 1 aliphatic heterocycles. The second-order valence-electron chi connectivity index (χ2n) is 9.43. The number of piperidine rings is 1. The lowest BCUT2D eigenvalue weighted by Crippen LogP contribution is -2.47. The van der Waals surface area contributed by atoms with Crippen LogP contribution in [0, 0.1) is 5.41 Å².